The lowest BCUT2D eigenvalue weighted by molar-refractivity contribution is 0.245. The molecular formula is C25H22O4. The van der Waals surface area contributed by atoms with Gasteiger partial charge in [-0.2, -0.15) is 0 Å². The molecular weight excluding hydrogens is 364 g/mol. The molecule has 1 aromatic heterocycles. The Morgan fingerprint density at radius 1 is 1.03 bits per heavy atom. The summed E-state index contributed by atoms with van der Waals surface area (Å²) in [6.45, 7) is 8.57. The van der Waals surface area contributed by atoms with Gasteiger partial charge in [-0.1, -0.05) is 44.2 Å². The second-order valence-corrected chi connectivity index (χ2v) is 9.02. The third-order valence-electron chi connectivity index (χ3n) is 6.84. The molecule has 6 rings (SSSR count). The second kappa shape index (κ2) is 5.32. The van der Waals surface area contributed by atoms with Gasteiger partial charge < -0.3 is 13.9 Å². The Balaban J connectivity index is 1.78. The van der Waals surface area contributed by atoms with E-state index in [0.29, 0.717) is 11.5 Å². The van der Waals surface area contributed by atoms with Gasteiger partial charge in [-0.3, -0.25) is 0 Å². The molecule has 1 saturated carbocycles. The Kier molecular flexibility index (Phi) is 3.10. The zero-order valence-electron chi connectivity index (χ0n) is 16.9. The molecule has 2 aliphatic heterocycles. The van der Waals surface area contributed by atoms with E-state index in [1.54, 1.807) is 6.07 Å². The van der Waals surface area contributed by atoms with Crippen LogP contribution in [0.3, 0.4) is 0 Å². The van der Waals surface area contributed by atoms with Crippen molar-refractivity contribution in [2.75, 3.05) is 0 Å². The van der Waals surface area contributed by atoms with E-state index in [-0.39, 0.29) is 23.2 Å². The quantitative estimate of drug-likeness (QED) is 0.516. The predicted molar refractivity (Wildman–Crippen MR) is 113 cm³/mol. The molecule has 1 aliphatic carbocycles. The first kappa shape index (κ1) is 16.9. The van der Waals surface area contributed by atoms with Crippen LogP contribution in [0.2, 0.25) is 0 Å². The Morgan fingerprint density at radius 3 is 2.55 bits per heavy atom. The van der Waals surface area contributed by atoms with Crippen LogP contribution in [-0.2, 0) is 0 Å². The van der Waals surface area contributed by atoms with Crippen LogP contribution in [0.4, 0.5) is 0 Å². The van der Waals surface area contributed by atoms with Crippen molar-refractivity contribution in [2.45, 2.75) is 45.8 Å². The van der Waals surface area contributed by atoms with Crippen molar-refractivity contribution in [3.8, 4) is 22.6 Å². The summed E-state index contributed by atoms with van der Waals surface area (Å²) in [6.07, 6.45) is 2.22. The topological polar surface area (TPSA) is 48.7 Å². The first-order chi connectivity index (χ1) is 13.9. The minimum absolute atomic E-state index is 0.0195. The summed E-state index contributed by atoms with van der Waals surface area (Å²) in [5.41, 5.74) is 5.18. The van der Waals surface area contributed by atoms with E-state index in [1.165, 1.54) is 0 Å². The summed E-state index contributed by atoms with van der Waals surface area (Å²) >= 11 is 0. The van der Waals surface area contributed by atoms with Crippen LogP contribution in [0.5, 0.6) is 11.5 Å². The summed E-state index contributed by atoms with van der Waals surface area (Å²) in [5, 5.41) is 0.870. The lowest BCUT2D eigenvalue weighted by atomic mass is 9.90. The van der Waals surface area contributed by atoms with Gasteiger partial charge in [-0.15, -0.1) is 0 Å². The molecule has 4 nitrogen and oxygen atoms in total. The molecule has 2 aromatic carbocycles. The van der Waals surface area contributed by atoms with Crippen molar-refractivity contribution in [3.05, 3.63) is 63.5 Å². The highest BCUT2D eigenvalue weighted by Crippen LogP contribution is 2.70. The number of hydrogen-bond acceptors (Lipinski definition) is 4. The van der Waals surface area contributed by atoms with E-state index in [1.807, 2.05) is 44.2 Å². The van der Waals surface area contributed by atoms with Gasteiger partial charge in [0.25, 0.3) is 0 Å². The lowest BCUT2D eigenvalue weighted by Crippen LogP contribution is -2.19. The third kappa shape index (κ3) is 2.12. The molecule has 0 radical (unpaired) electrons. The zero-order chi connectivity index (χ0) is 20.1. The minimum atomic E-state index is -0.369. The molecule has 0 saturated heterocycles. The summed E-state index contributed by atoms with van der Waals surface area (Å²) < 4.78 is 18.6. The van der Waals surface area contributed by atoms with E-state index >= 15 is 0 Å². The van der Waals surface area contributed by atoms with E-state index < -0.39 is 0 Å². The molecule has 3 aliphatic rings. The highest BCUT2D eigenvalue weighted by Gasteiger charge is 2.67. The van der Waals surface area contributed by atoms with Gasteiger partial charge in [-0.25, -0.2) is 4.79 Å². The first-order valence-corrected chi connectivity index (χ1v) is 10.1. The fraction of sp³-hybridized carbons (Fsp3) is 0.320. The molecule has 0 bridgehead atoms. The molecule has 3 heterocycles. The van der Waals surface area contributed by atoms with Crippen molar-refractivity contribution in [1.29, 1.82) is 0 Å². The molecule has 0 amide bonds. The van der Waals surface area contributed by atoms with Gasteiger partial charge in [0.15, 0.2) is 5.58 Å². The molecule has 0 spiro atoms. The van der Waals surface area contributed by atoms with Crippen LogP contribution in [0, 0.1) is 5.41 Å². The zero-order valence-corrected chi connectivity index (χ0v) is 16.9. The van der Waals surface area contributed by atoms with Gasteiger partial charge in [0.2, 0.25) is 0 Å². The first-order valence-electron chi connectivity index (χ1n) is 10.1. The van der Waals surface area contributed by atoms with E-state index in [4.69, 9.17) is 13.9 Å². The average Bonchev–Trinajstić information content (AvgIpc) is 3.03. The lowest BCUT2D eigenvalue weighted by Gasteiger charge is -2.27. The van der Waals surface area contributed by atoms with Crippen molar-refractivity contribution in [1.82, 2.24) is 0 Å². The number of hydrogen-bond donors (Lipinski definition) is 0. The van der Waals surface area contributed by atoms with Crippen LogP contribution in [-0.4, -0.2) is 12.2 Å². The molecule has 29 heavy (non-hydrogen) atoms. The van der Waals surface area contributed by atoms with Crippen LogP contribution in [0.1, 0.15) is 44.7 Å². The molecule has 146 valence electrons. The Labute approximate surface area is 168 Å². The number of rotatable bonds is 1. The van der Waals surface area contributed by atoms with Crippen molar-refractivity contribution in [3.63, 3.8) is 0 Å². The summed E-state index contributed by atoms with van der Waals surface area (Å²) in [6, 6.07) is 11.5. The normalized spacial score (nSPS) is 25.4. The summed E-state index contributed by atoms with van der Waals surface area (Å²) in [4.78, 5) is 12.5. The SMILES string of the molecule is CC1=Cc2c(c3c(c4c(-c5ccccc5)cc(=O)oc24)O[C@H]2[C@@H]3C2(C)C)O[C@@H]1C. The fourth-order valence-corrected chi connectivity index (χ4v) is 4.98. The second-order valence-electron chi connectivity index (χ2n) is 9.02. The molecule has 3 aromatic rings. The fourth-order valence-electron chi connectivity index (χ4n) is 4.98. The van der Waals surface area contributed by atoms with E-state index in [2.05, 4.69) is 19.9 Å². The van der Waals surface area contributed by atoms with Gasteiger partial charge in [0, 0.05) is 28.5 Å². The van der Waals surface area contributed by atoms with Crippen LogP contribution < -0.4 is 15.1 Å². The Bertz CT molecular complexity index is 1280. The number of fused-ring (bicyclic) bond motifs is 8. The highest BCUT2D eigenvalue weighted by molar-refractivity contribution is 6.05. The van der Waals surface area contributed by atoms with Crippen LogP contribution in [0.15, 0.2) is 51.2 Å². The Hall–Kier alpha value is -3.01. The Morgan fingerprint density at radius 2 is 1.79 bits per heavy atom. The minimum Gasteiger partial charge on any atom is -0.488 e. The van der Waals surface area contributed by atoms with Gasteiger partial charge in [-0.05, 0) is 31.1 Å². The van der Waals surface area contributed by atoms with Crippen molar-refractivity contribution in [2.24, 2.45) is 5.41 Å². The largest absolute Gasteiger partial charge is 0.488 e. The average molecular weight is 386 g/mol. The maximum Gasteiger partial charge on any atom is 0.336 e. The maximum atomic E-state index is 12.5. The van der Waals surface area contributed by atoms with Gasteiger partial charge in [0.05, 0.1) is 10.9 Å². The summed E-state index contributed by atoms with van der Waals surface area (Å²) in [7, 11) is 0. The van der Waals surface area contributed by atoms with Crippen molar-refractivity contribution < 1.29 is 13.9 Å². The van der Waals surface area contributed by atoms with Gasteiger partial charge in [0.1, 0.15) is 23.7 Å². The van der Waals surface area contributed by atoms with E-state index in [0.717, 1.165) is 44.7 Å². The molecule has 0 N–H and O–H groups in total. The predicted octanol–water partition coefficient (Wildman–Crippen LogP) is 5.53. The molecule has 4 heteroatoms. The van der Waals surface area contributed by atoms with Crippen LogP contribution in [0.25, 0.3) is 28.2 Å². The number of ether oxygens (including phenoxy) is 2. The standard InChI is InChI=1S/C25H22O4/c1-12-10-16-21-18(15(11-17(26)28-21)14-8-6-5-7-9-14)23-19(22(16)27-13(12)2)20-24(29-23)25(20,3)4/h5-11,13,20,24H,1-4H3/t13-,20-,24+/m1/s1. The van der Waals surface area contributed by atoms with Crippen molar-refractivity contribution >= 4 is 17.0 Å². The maximum absolute atomic E-state index is 12.5. The smallest absolute Gasteiger partial charge is 0.336 e. The number of benzene rings is 2. The highest BCUT2D eigenvalue weighted by atomic mass is 16.5. The summed E-state index contributed by atoms with van der Waals surface area (Å²) in [5.74, 6) is 1.93. The molecule has 1 fully saturated rings. The third-order valence-corrected chi connectivity index (χ3v) is 6.84. The molecule has 0 unspecified atom stereocenters. The van der Waals surface area contributed by atoms with E-state index in [9.17, 15) is 4.79 Å². The van der Waals surface area contributed by atoms with Gasteiger partial charge >= 0.3 is 5.63 Å². The molecule has 3 atom stereocenters. The monoisotopic (exact) mass is 386 g/mol. The van der Waals surface area contributed by atoms with Crippen LogP contribution >= 0.6 is 0 Å².